The molecule has 0 radical (unpaired) electrons. The Balaban J connectivity index is 5.27. The van der Waals surface area contributed by atoms with Crippen molar-refractivity contribution in [3.05, 3.63) is 24.3 Å². The van der Waals surface area contributed by atoms with Crippen molar-refractivity contribution in [1.29, 1.82) is 0 Å². The number of aliphatic hydroxyl groups excluding tert-OH is 1. The Morgan fingerprint density at radius 2 is 0.471 bits per heavy atom. The maximum absolute atomic E-state index is 13.1. The summed E-state index contributed by atoms with van der Waals surface area (Å²) in [5.74, 6) is -2.13. The van der Waals surface area contributed by atoms with Crippen molar-refractivity contribution in [2.24, 2.45) is 0 Å². The molecule has 0 saturated carbocycles. The molecule has 0 heterocycles. The summed E-state index contributed by atoms with van der Waals surface area (Å²) in [5, 5.41) is 10.7. The summed E-state index contributed by atoms with van der Waals surface area (Å²) < 4.78 is 68.8. The quantitative estimate of drug-likeness (QED) is 0.0169. The number of carbonyl (C=O) groups is 4. The van der Waals surface area contributed by atoms with E-state index < -0.39 is 97.5 Å². The summed E-state index contributed by atoms with van der Waals surface area (Å²) in [5.41, 5.74) is 0. The largest absolute Gasteiger partial charge is 0.472 e. The van der Waals surface area contributed by atoms with E-state index in [9.17, 15) is 43.2 Å². The van der Waals surface area contributed by atoms with E-state index in [1.54, 1.807) is 0 Å². The zero-order valence-electron chi connectivity index (χ0n) is 66.1. The van der Waals surface area contributed by atoms with Crippen molar-refractivity contribution in [1.82, 2.24) is 0 Å². The molecular weight excluding hydrogens is 1330 g/mol. The van der Waals surface area contributed by atoms with Gasteiger partial charge in [-0.2, -0.15) is 0 Å². The predicted octanol–water partition coefficient (Wildman–Crippen LogP) is 24.9. The normalized spacial score (nSPS) is 13.9. The van der Waals surface area contributed by atoms with Gasteiger partial charge in [-0.25, -0.2) is 9.13 Å². The highest BCUT2D eigenvalue weighted by Crippen LogP contribution is 2.45. The van der Waals surface area contributed by atoms with Crippen LogP contribution in [0.25, 0.3) is 0 Å². The molecule has 102 heavy (non-hydrogen) atoms. The van der Waals surface area contributed by atoms with E-state index in [1.165, 1.54) is 238 Å². The molecule has 0 saturated heterocycles. The second kappa shape index (κ2) is 76.7. The summed E-state index contributed by atoms with van der Waals surface area (Å²) in [6.07, 6.45) is 72.9. The van der Waals surface area contributed by atoms with Gasteiger partial charge in [-0.15, -0.1) is 0 Å². The molecule has 2 unspecified atom stereocenters. The Morgan fingerprint density at radius 1 is 0.275 bits per heavy atom. The highest BCUT2D eigenvalue weighted by Gasteiger charge is 2.30. The summed E-state index contributed by atoms with van der Waals surface area (Å²) in [6, 6.07) is 0. The van der Waals surface area contributed by atoms with E-state index in [1.807, 2.05) is 0 Å². The molecule has 0 aromatic rings. The first-order valence-electron chi connectivity index (χ1n) is 42.6. The van der Waals surface area contributed by atoms with Crippen LogP contribution in [0, 0.1) is 0 Å². The molecule has 17 nitrogen and oxygen atoms in total. The van der Waals surface area contributed by atoms with Gasteiger partial charge >= 0.3 is 39.5 Å². The van der Waals surface area contributed by atoms with Crippen LogP contribution in [0.4, 0.5) is 0 Å². The number of unbranched alkanes of at least 4 members (excludes halogenated alkanes) is 53. The van der Waals surface area contributed by atoms with Crippen LogP contribution in [0.5, 0.6) is 0 Å². The number of hydrogen-bond donors (Lipinski definition) is 3. The van der Waals surface area contributed by atoms with E-state index in [2.05, 4.69) is 52.0 Å². The van der Waals surface area contributed by atoms with Crippen molar-refractivity contribution < 1.29 is 80.2 Å². The predicted molar refractivity (Wildman–Crippen MR) is 418 cm³/mol. The number of aliphatic hydroxyl groups is 1. The minimum absolute atomic E-state index is 0.102. The van der Waals surface area contributed by atoms with E-state index >= 15 is 0 Å². The summed E-state index contributed by atoms with van der Waals surface area (Å²) in [7, 11) is -9.93. The SMILES string of the molecule is CCCCCC/C=C\C=C/CCCCCCCC(=O)OC[C@H](COP(=O)(O)OC[C@@H](O)COP(=O)(O)OC[C@@H](COC(=O)CCCCCCCCCCCCCC)OC(=O)CCCCCCCCCCCCCCCCC)OC(=O)CCCCCCCCCCCCCCCCCCCCCC. The maximum atomic E-state index is 13.1. The van der Waals surface area contributed by atoms with E-state index in [0.717, 1.165) is 109 Å². The van der Waals surface area contributed by atoms with Gasteiger partial charge in [0.15, 0.2) is 12.2 Å². The highest BCUT2D eigenvalue weighted by molar-refractivity contribution is 7.47. The zero-order chi connectivity index (χ0) is 74.6. The third-order valence-electron chi connectivity index (χ3n) is 19.0. The summed E-state index contributed by atoms with van der Waals surface area (Å²) in [6.45, 7) is 4.98. The van der Waals surface area contributed by atoms with Crippen LogP contribution in [-0.2, 0) is 65.4 Å². The van der Waals surface area contributed by atoms with Crippen LogP contribution in [0.2, 0.25) is 0 Å². The first kappa shape index (κ1) is 99.5. The average Bonchev–Trinajstić information content (AvgIpc) is 0.967. The van der Waals surface area contributed by atoms with Crippen molar-refractivity contribution in [3.63, 3.8) is 0 Å². The standard InChI is InChI=1S/C83H158O17P2/c1-5-9-13-17-21-25-29-33-36-37-38-39-40-43-46-50-54-58-62-66-70-83(88)100-79(74-94-81(86)68-64-60-56-52-48-44-41-34-30-26-22-18-14-10-6-2)76-98-102(91,92)96-72-77(84)71-95-101(89,90)97-75-78(73-93-80(85)67-63-59-55-51-47-32-28-24-20-16-12-8-4)99-82(87)69-65-61-57-53-49-45-42-35-31-27-23-19-15-11-7-3/h26,30,34,41,77-79,84H,5-25,27-29,31-33,35-40,42-76H2,1-4H3,(H,89,90)(H,91,92)/b30-26-,41-34-/t77-,78+,79+/m0/s1. The molecule has 0 bridgehead atoms. The maximum Gasteiger partial charge on any atom is 0.472 e. The van der Waals surface area contributed by atoms with Crippen molar-refractivity contribution >= 4 is 39.5 Å². The Kier molecular flexibility index (Phi) is 74.9. The number of phosphoric ester groups is 2. The smallest absolute Gasteiger partial charge is 0.462 e. The first-order chi connectivity index (χ1) is 49.7. The molecule has 0 amide bonds. The molecule has 19 heteroatoms. The van der Waals surface area contributed by atoms with Crippen molar-refractivity contribution in [2.45, 2.75) is 444 Å². The third-order valence-corrected chi connectivity index (χ3v) is 20.9. The van der Waals surface area contributed by atoms with Gasteiger partial charge in [0.05, 0.1) is 26.4 Å². The Labute approximate surface area is 624 Å². The van der Waals surface area contributed by atoms with Crippen LogP contribution in [0.3, 0.4) is 0 Å². The number of esters is 4. The molecule has 0 aromatic heterocycles. The lowest BCUT2D eigenvalue weighted by Gasteiger charge is -2.21. The molecule has 0 spiro atoms. The summed E-state index contributed by atoms with van der Waals surface area (Å²) >= 11 is 0. The number of carbonyl (C=O) groups excluding carboxylic acids is 4. The molecule has 5 atom stereocenters. The fraction of sp³-hybridized carbons (Fsp3) is 0.904. The molecule has 602 valence electrons. The van der Waals surface area contributed by atoms with Crippen LogP contribution in [-0.4, -0.2) is 96.7 Å². The van der Waals surface area contributed by atoms with Gasteiger partial charge in [-0.05, 0) is 51.4 Å². The van der Waals surface area contributed by atoms with Crippen molar-refractivity contribution in [3.8, 4) is 0 Å². The first-order valence-corrected chi connectivity index (χ1v) is 45.6. The van der Waals surface area contributed by atoms with E-state index in [0.29, 0.717) is 25.7 Å². The number of rotatable bonds is 82. The molecule has 0 aliphatic carbocycles. The van der Waals surface area contributed by atoms with Gasteiger partial charge in [0.25, 0.3) is 0 Å². The zero-order valence-corrected chi connectivity index (χ0v) is 67.9. The van der Waals surface area contributed by atoms with Crippen LogP contribution < -0.4 is 0 Å². The molecule has 0 aromatic carbocycles. The van der Waals surface area contributed by atoms with E-state index in [-0.39, 0.29) is 25.7 Å². The monoisotopic (exact) mass is 1490 g/mol. The fourth-order valence-electron chi connectivity index (χ4n) is 12.5. The molecule has 0 fully saturated rings. The van der Waals surface area contributed by atoms with Gasteiger partial charge in [0, 0.05) is 25.7 Å². The highest BCUT2D eigenvalue weighted by atomic mass is 31.2. The third kappa shape index (κ3) is 75.8. The molecule has 0 aliphatic heterocycles. The number of hydrogen-bond acceptors (Lipinski definition) is 15. The van der Waals surface area contributed by atoms with Gasteiger partial charge < -0.3 is 33.8 Å². The lowest BCUT2D eigenvalue weighted by Crippen LogP contribution is -2.30. The molecule has 0 rings (SSSR count). The minimum atomic E-state index is -4.97. The van der Waals surface area contributed by atoms with Crippen LogP contribution >= 0.6 is 15.6 Å². The molecular formula is C83H158O17P2. The van der Waals surface area contributed by atoms with Crippen LogP contribution in [0.1, 0.15) is 426 Å². The lowest BCUT2D eigenvalue weighted by molar-refractivity contribution is -0.161. The number of ether oxygens (including phenoxy) is 4. The number of allylic oxidation sites excluding steroid dienone is 4. The van der Waals surface area contributed by atoms with Crippen molar-refractivity contribution in [2.75, 3.05) is 39.6 Å². The Morgan fingerprint density at radius 3 is 0.716 bits per heavy atom. The molecule has 3 N–H and O–H groups in total. The fourth-order valence-corrected chi connectivity index (χ4v) is 14.0. The minimum Gasteiger partial charge on any atom is -0.462 e. The molecule has 0 aliphatic rings. The van der Waals surface area contributed by atoms with Gasteiger partial charge in [0.2, 0.25) is 0 Å². The second-order valence-corrected chi connectivity index (χ2v) is 32.1. The van der Waals surface area contributed by atoms with Gasteiger partial charge in [0.1, 0.15) is 19.3 Å². The topological polar surface area (TPSA) is 237 Å². The van der Waals surface area contributed by atoms with Gasteiger partial charge in [-0.1, -0.05) is 373 Å². The Hall–Kier alpha value is -2.46. The average molecular weight is 1490 g/mol. The Bertz CT molecular complexity index is 2020. The van der Waals surface area contributed by atoms with Crippen LogP contribution in [0.15, 0.2) is 24.3 Å². The summed E-state index contributed by atoms with van der Waals surface area (Å²) in [4.78, 5) is 73.1. The van der Waals surface area contributed by atoms with Gasteiger partial charge in [-0.3, -0.25) is 37.3 Å². The lowest BCUT2D eigenvalue weighted by atomic mass is 10.0. The van der Waals surface area contributed by atoms with E-state index in [4.69, 9.17) is 37.0 Å². The number of phosphoric acid groups is 2. The second-order valence-electron chi connectivity index (χ2n) is 29.2.